The van der Waals surface area contributed by atoms with Gasteiger partial charge in [0.2, 0.25) is 0 Å². The van der Waals surface area contributed by atoms with Crippen LogP contribution >= 0.6 is 15.9 Å². The number of nitrogens with zero attached hydrogens (tertiary/aromatic N) is 4. The third-order valence-corrected chi connectivity index (χ3v) is 3.80. The maximum Gasteiger partial charge on any atom is 0.176 e. The van der Waals surface area contributed by atoms with Crippen LogP contribution in [-0.4, -0.2) is 26.8 Å². The number of benzene rings is 1. The largest absolute Gasteiger partial charge is 0.310 e. The molecule has 2 aromatic rings. The molecule has 0 saturated heterocycles. The second kappa shape index (κ2) is 6.95. The van der Waals surface area contributed by atoms with Gasteiger partial charge in [0.05, 0.1) is 7.05 Å². The fourth-order valence-corrected chi connectivity index (χ4v) is 2.88. The van der Waals surface area contributed by atoms with Crippen LogP contribution in [0.5, 0.6) is 0 Å². The van der Waals surface area contributed by atoms with E-state index in [9.17, 15) is 0 Å². The van der Waals surface area contributed by atoms with Gasteiger partial charge in [-0.15, -0.1) is 10.2 Å². The number of aromatic nitrogens is 4. The lowest BCUT2D eigenvalue weighted by Gasteiger charge is -2.19. The summed E-state index contributed by atoms with van der Waals surface area (Å²) in [5, 5.41) is 15.8. The Balaban J connectivity index is 2.22. The number of nitrogens with one attached hydrogen (secondary N) is 1. The molecule has 0 amide bonds. The van der Waals surface area contributed by atoms with Crippen molar-refractivity contribution in [2.45, 2.75) is 32.7 Å². The normalized spacial score (nSPS) is 12.6. The van der Waals surface area contributed by atoms with Crippen LogP contribution in [0.3, 0.4) is 0 Å². The molecule has 1 heterocycles. The van der Waals surface area contributed by atoms with Gasteiger partial charge in [-0.05, 0) is 42.3 Å². The van der Waals surface area contributed by atoms with Gasteiger partial charge in [0.15, 0.2) is 5.82 Å². The molecule has 0 spiro atoms. The molecular formula is C14H20BrN5. The first kappa shape index (κ1) is 15.1. The molecular weight excluding hydrogens is 318 g/mol. The van der Waals surface area contributed by atoms with Crippen molar-refractivity contribution in [3.8, 4) is 0 Å². The third kappa shape index (κ3) is 3.86. The lowest BCUT2D eigenvalue weighted by molar-refractivity contribution is 0.515. The van der Waals surface area contributed by atoms with Crippen molar-refractivity contribution in [2.75, 3.05) is 6.54 Å². The van der Waals surface area contributed by atoms with Gasteiger partial charge >= 0.3 is 0 Å². The van der Waals surface area contributed by atoms with Crippen LogP contribution in [0.4, 0.5) is 0 Å². The van der Waals surface area contributed by atoms with Crippen molar-refractivity contribution >= 4 is 15.9 Å². The fraction of sp³-hybridized carbons (Fsp3) is 0.500. The van der Waals surface area contributed by atoms with Gasteiger partial charge in [-0.2, -0.15) is 4.80 Å². The summed E-state index contributed by atoms with van der Waals surface area (Å²) in [5.41, 5.74) is 2.48. The molecule has 0 aliphatic heterocycles. The van der Waals surface area contributed by atoms with Gasteiger partial charge in [0, 0.05) is 16.9 Å². The zero-order valence-electron chi connectivity index (χ0n) is 12.1. The Morgan fingerprint density at radius 1 is 1.40 bits per heavy atom. The molecule has 1 N–H and O–H groups in total. The molecule has 0 bridgehead atoms. The first-order chi connectivity index (χ1) is 9.60. The van der Waals surface area contributed by atoms with E-state index in [1.807, 2.05) is 0 Å². The highest BCUT2D eigenvalue weighted by atomic mass is 79.9. The van der Waals surface area contributed by atoms with Gasteiger partial charge in [0.1, 0.15) is 0 Å². The molecule has 108 valence electrons. The van der Waals surface area contributed by atoms with Crippen LogP contribution in [-0.2, 0) is 13.5 Å². The summed E-state index contributed by atoms with van der Waals surface area (Å²) in [6, 6.07) is 6.61. The summed E-state index contributed by atoms with van der Waals surface area (Å²) < 4.78 is 1.12. The summed E-state index contributed by atoms with van der Waals surface area (Å²) in [6.45, 7) is 5.22. The van der Waals surface area contributed by atoms with E-state index in [-0.39, 0.29) is 6.04 Å². The molecule has 0 fully saturated rings. The second-order valence-electron chi connectivity index (χ2n) is 4.93. The summed E-state index contributed by atoms with van der Waals surface area (Å²) in [5.74, 6) is 0.758. The molecule has 5 nitrogen and oxygen atoms in total. The Bertz CT molecular complexity index is 566. The van der Waals surface area contributed by atoms with E-state index in [2.05, 4.69) is 68.7 Å². The molecule has 0 aliphatic carbocycles. The van der Waals surface area contributed by atoms with Crippen LogP contribution in [0.2, 0.25) is 0 Å². The van der Waals surface area contributed by atoms with Crippen LogP contribution in [0.25, 0.3) is 0 Å². The third-order valence-electron chi connectivity index (χ3n) is 3.11. The van der Waals surface area contributed by atoms with E-state index in [1.165, 1.54) is 15.9 Å². The molecule has 0 radical (unpaired) electrons. The fourth-order valence-electron chi connectivity index (χ4n) is 2.11. The van der Waals surface area contributed by atoms with Crippen LogP contribution in [0.1, 0.15) is 36.3 Å². The number of hydrogen-bond acceptors (Lipinski definition) is 4. The maximum absolute atomic E-state index is 4.27. The lowest BCUT2D eigenvalue weighted by Crippen LogP contribution is -2.25. The van der Waals surface area contributed by atoms with Crippen LogP contribution in [0.15, 0.2) is 22.7 Å². The molecule has 6 heteroatoms. The summed E-state index contributed by atoms with van der Waals surface area (Å²) in [6.07, 6.45) is 1.82. The van der Waals surface area contributed by atoms with E-state index in [4.69, 9.17) is 0 Å². The first-order valence-corrected chi connectivity index (χ1v) is 7.61. The van der Waals surface area contributed by atoms with Crippen molar-refractivity contribution in [1.29, 1.82) is 0 Å². The topological polar surface area (TPSA) is 55.6 Å². The van der Waals surface area contributed by atoms with E-state index in [1.54, 1.807) is 7.05 Å². The van der Waals surface area contributed by atoms with Crippen LogP contribution < -0.4 is 5.32 Å². The molecule has 2 rings (SSSR count). The minimum atomic E-state index is 0.189. The Kier molecular flexibility index (Phi) is 5.25. The van der Waals surface area contributed by atoms with Crippen molar-refractivity contribution in [3.63, 3.8) is 0 Å². The Hall–Kier alpha value is -1.27. The molecule has 20 heavy (non-hydrogen) atoms. The SMILES string of the molecule is CCCNC(Cc1nnn(C)n1)c1ccc(C)cc1Br. The van der Waals surface area contributed by atoms with E-state index in [0.717, 1.165) is 29.7 Å². The maximum atomic E-state index is 4.27. The Morgan fingerprint density at radius 2 is 2.20 bits per heavy atom. The van der Waals surface area contributed by atoms with E-state index in [0.29, 0.717) is 0 Å². The van der Waals surface area contributed by atoms with E-state index < -0.39 is 0 Å². The summed E-state index contributed by atoms with van der Waals surface area (Å²) >= 11 is 3.66. The highest BCUT2D eigenvalue weighted by Crippen LogP contribution is 2.26. The minimum Gasteiger partial charge on any atom is -0.310 e. The molecule has 0 aliphatic rings. The van der Waals surface area contributed by atoms with Crippen LogP contribution in [0, 0.1) is 6.92 Å². The minimum absolute atomic E-state index is 0.189. The van der Waals surface area contributed by atoms with Gasteiger partial charge in [-0.3, -0.25) is 0 Å². The van der Waals surface area contributed by atoms with Crippen molar-refractivity contribution in [3.05, 3.63) is 39.6 Å². The Morgan fingerprint density at radius 3 is 2.80 bits per heavy atom. The van der Waals surface area contributed by atoms with E-state index >= 15 is 0 Å². The molecule has 1 aromatic carbocycles. The standard InChI is InChI=1S/C14H20BrN5/c1-4-7-16-13(9-14-17-19-20(3)18-14)11-6-5-10(2)8-12(11)15/h5-6,8,13,16H,4,7,9H2,1-3H3. The van der Waals surface area contributed by atoms with Crippen molar-refractivity contribution in [1.82, 2.24) is 25.5 Å². The molecule has 1 unspecified atom stereocenters. The van der Waals surface area contributed by atoms with Gasteiger partial charge in [-0.1, -0.05) is 35.0 Å². The second-order valence-corrected chi connectivity index (χ2v) is 5.79. The number of tetrazole rings is 1. The number of halogens is 1. The molecule has 1 atom stereocenters. The van der Waals surface area contributed by atoms with Crippen molar-refractivity contribution in [2.24, 2.45) is 7.05 Å². The highest BCUT2D eigenvalue weighted by molar-refractivity contribution is 9.10. The first-order valence-electron chi connectivity index (χ1n) is 6.82. The summed E-state index contributed by atoms with van der Waals surface area (Å²) in [7, 11) is 1.78. The average molecular weight is 338 g/mol. The number of aryl methyl sites for hydroxylation is 2. The quantitative estimate of drug-likeness (QED) is 0.880. The predicted octanol–water partition coefficient (Wildman–Crippen LogP) is 2.56. The monoisotopic (exact) mass is 337 g/mol. The van der Waals surface area contributed by atoms with Gasteiger partial charge in [0.25, 0.3) is 0 Å². The predicted molar refractivity (Wildman–Crippen MR) is 82.4 cm³/mol. The van der Waals surface area contributed by atoms with Gasteiger partial charge in [-0.25, -0.2) is 0 Å². The zero-order valence-corrected chi connectivity index (χ0v) is 13.7. The molecule has 0 saturated carbocycles. The Labute approximate surface area is 127 Å². The number of hydrogen-bond donors (Lipinski definition) is 1. The molecule has 1 aromatic heterocycles. The average Bonchev–Trinajstić information content (AvgIpc) is 2.80. The smallest absolute Gasteiger partial charge is 0.176 e. The summed E-state index contributed by atoms with van der Waals surface area (Å²) in [4.78, 5) is 1.50. The highest BCUT2D eigenvalue weighted by Gasteiger charge is 2.17. The van der Waals surface area contributed by atoms with Gasteiger partial charge < -0.3 is 5.32 Å². The lowest BCUT2D eigenvalue weighted by atomic mass is 10.0. The number of rotatable bonds is 6. The zero-order chi connectivity index (χ0) is 14.5. The van der Waals surface area contributed by atoms with Crippen molar-refractivity contribution < 1.29 is 0 Å².